The van der Waals surface area contributed by atoms with Gasteiger partial charge in [-0.2, -0.15) is 0 Å². The van der Waals surface area contributed by atoms with Crippen LogP contribution in [0.4, 0.5) is 0 Å². The third-order valence-electron chi connectivity index (χ3n) is 2.16. The maximum absolute atomic E-state index is 6.03. The van der Waals surface area contributed by atoms with Gasteiger partial charge in [0.05, 0.1) is 0 Å². The minimum atomic E-state index is 0.182. The Labute approximate surface area is 83.7 Å². The number of ether oxygens (including phenoxy) is 1. The average Bonchev–Trinajstić information content (AvgIpc) is 2.52. The van der Waals surface area contributed by atoms with E-state index in [2.05, 4.69) is 18.4 Å². The number of hydrogen-bond acceptors (Lipinski definition) is 3. The average molecular weight is 199 g/mol. The Balaban J connectivity index is 2.39. The van der Waals surface area contributed by atoms with E-state index < -0.39 is 0 Å². The van der Waals surface area contributed by atoms with E-state index in [1.165, 1.54) is 10.4 Å². The molecule has 0 saturated carbocycles. The highest BCUT2D eigenvalue weighted by Crippen LogP contribution is 2.23. The Morgan fingerprint density at radius 3 is 2.92 bits per heavy atom. The van der Waals surface area contributed by atoms with Crippen LogP contribution in [0.2, 0.25) is 0 Å². The van der Waals surface area contributed by atoms with Gasteiger partial charge in [-0.1, -0.05) is 0 Å². The SMILES string of the molecule is COCCCC(N)c1ccsc1C. The molecule has 74 valence electrons. The van der Waals surface area contributed by atoms with Crippen LogP contribution in [0.25, 0.3) is 0 Å². The Bertz CT molecular complexity index is 247. The maximum atomic E-state index is 6.03. The smallest absolute Gasteiger partial charge is 0.0462 e. The molecule has 0 aliphatic carbocycles. The van der Waals surface area contributed by atoms with Crippen molar-refractivity contribution in [2.24, 2.45) is 5.73 Å². The van der Waals surface area contributed by atoms with E-state index >= 15 is 0 Å². The molecular weight excluding hydrogens is 182 g/mol. The van der Waals surface area contributed by atoms with Crippen LogP contribution in [0.5, 0.6) is 0 Å². The van der Waals surface area contributed by atoms with Crippen molar-refractivity contribution in [3.63, 3.8) is 0 Å². The summed E-state index contributed by atoms with van der Waals surface area (Å²) in [5.74, 6) is 0. The molecule has 0 aromatic carbocycles. The van der Waals surface area contributed by atoms with E-state index in [-0.39, 0.29) is 6.04 Å². The lowest BCUT2D eigenvalue weighted by Gasteiger charge is -2.10. The highest BCUT2D eigenvalue weighted by Gasteiger charge is 2.08. The Hall–Kier alpha value is -0.380. The second-order valence-electron chi connectivity index (χ2n) is 3.17. The third-order valence-corrected chi connectivity index (χ3v) is 3.02. The lowest BCUT2D eigenvalue weighted by molar-refractivity contribution is 0.190. The molecule has 2 nitrogen and oxygen atoms in total. The third kappa shape index (κ3) is 3.10. The Kier molecular flexibility index (Phi) is 4.42. The summed E-state index contributed by atoms with van der Waals surface area (Å²) in [6.07, 6.45) is 2.04. The molecule has 0 aliphatic rings. The number of rotatable bonds is 5. The molecule has 1 atom stereocenters. The summed E-state index contributed by atoms with van der Waals surface area (Å²) in [4.78, 5) is 1.34. The molecule has 0 fully saturated rings. The van der Waals surface area contributed by atoms with E-state index in [9.17, 15) is 0 Å². The van der Waals surface area contributed by atoms with Gasteiger partial charge < -0.3 is 10.5 Å². The van der Waals surface area contributed by atoms with Gasteiger partial charge in [0.25, 0.3) is 0 Å². The van der Waals surface area contributed by atoms with Gasteiger partial charge in [0.15, 0.2) is 0 Å². The zero-order valence-corrected chi connectivity index (χ0v) is 9.06. The molecule has 2 N–H and O–H groups in total. The highest BCUT2D eigenvalue weighted by atomic mass is 32.1. The van der Waals surface area contributed by atoms with Crippen LogP contribution in [0.15, 0.2) is 11.4 Å². The first-order chi connectivity index (χ1) is 6.25. The van der Waals surface area contributed by atoms with Crippen molar-refractivity contribution < 1.29 is 4.74 Å². The molecule has 1 heterocycles. The van der Waals surface area contributed by atoms with Gasteiger partial charge in [0.1, 0.15) is 0 Å². The van der Waals surface area contributed by atoms with Gasteiger partial charge in [0.2, 0.25) is 0 Å². The molecule has 0 radical (unpaired) electrons. The predicted molar refractivity (Wildman–Crippen MR) is 57.1 cm³/mol. The van der Waals surface area contributed by atoms with Crippen LogP contribution < -0.4 is 5.73 Å². The van der Waals surface area contributed by atoms with E-state index in [1.807, 2.05) is 0 Å². The number of aryl methyl sites for hydroxylation is 1. The van der Waals surface area contributed by atoms with Gasteiger partial charge in [0, 0.05) is 24.6 Å². The largest absolute Gasteiger partial charge is 0.385 e. The molecule has 0 amide bonds. The molecule has 1 rings (SSSR count). The number of nitrogens with two attached hydrogens (primary N) is 1. The zero-order chi connectivity index (χ0) is 9.68. The molecule has 0 spiro atoms. The molecule has 0 bridgehead atoms. The van der Waals surface area contributed by atoms with Crippen molar-refractivity contribution in [2.45, 2.75) is 25.8 Å². The van der Waals surface area contributed by atoms with Crippen LogP contribution in [0.1, 0.15) is 29.3 Å². The van der Waals surface area contributed by atoms with Gasteiger partial charge in [-0.15, -0.1) is 11.3 Å². The van der Waals surface area contributed by atoms with Crippen molar-refractivity contribution in [3.05, 3.63) is 21.9 Å². The fourth-order valence-electron chi connectivity index (χ4n) is 1.38. The molecule has 1 aromatic heterocycles. The summed E-state index contributed by atoms with van der Waals surface area (Å²) < 4.78 is 4.99. The second kappa shape index (κ2) is 5.37. The van der Waals surface area contributed by atoms with Crippen molar-refractivity contribution in [1.29, 1.82) is 0 Å². The lowest BCUT2D eigenvalue weighted by Crippen LogP contribution is -2.11. The second-order valence-corrected chi connectivity index (χ2v) is 4.29. The molecule has 1 aromatic rings. The lowest BCUT2D eigenvalue weighted by atomic mass is 10.0. The topological polar surface area (TPSA) is 35.2 Å². The molecule has 0 aliphatic heterocycles. The molecule has 3 heteroatoms. The van der Waals surface area contributed by atoms with Crippen LogP contribution in [-0.4, -0.2) is 13.7 Å². The van der Waals surface area contributed by atoms with Crippen LogP contribution in [0.3, 0.4) is 0 Å². The summed E-state index contributed by atoms with van der Waals surface area (Å²) >= 11 is 1.76. The molecule has 13 heavy (non-hydrogen) atoms. The minimum absolute atomic E-state index is 0.182. The van der Waals surface area contributed by atoms with Gasteiger partial charge in [-0.3, -0.25) is 0 Å². The van der Waals surface area contributed by atoms with E-state index in [1.54, 1.807) is 18.4 Å². The molecular formula is C10H17NOS. The van der Waals surface area contributed by atoms with Gasteiger partial charge in [-0.25, -0.2) is 0 Å². The first kappa shape index (κ1) is 10.7. The normalized spacial score (nSPS) is 13.2. The minimum Gasteiger partial charge on any atom is -0.385 e. The predicted octanol–water partition coefficient (Wildman–Crippen LogP) is 2.48. The first-order valence-electron chi connectivity index (χ1n) is 4.54. The Morgan fingerprint density at radius 1 is 1.62 bits per heavy atom. The summed E-state index contributed by atoms with van der Waals surface area (Å²) in [6, 6.07) is 2.30. The van der Waals surface area contributed by atoms with E-state index in [0.717, 1.165) is 19.4 Å². The zero-order valence-electron chi connectivity index (χ0n) is 8.25. The van der Waals surface area contributed by atoms with E-state index in [0.29, 0.717) is 0 Å². The summed E-state index contributed by atoms with van der Waals surface area (Å²) in [7, 11) is 1.72. The van der Waals surface area contributed by atoms with Crippen molar-refractivity contribution in [1.82, 2.24) is 0 Å². The van der Waals surface area contributed by atoms with Crippen molar-refractivity contribution in [2.75, 3.05) is 13.7 Å². The number of methoxy groups -OCH3 is 1. The van der Waals surface area contributed by atoms with Gasteiger partial charge in [-0.05, 0) is 36.8 Å². The maximum Gasteiger partial charge on any atom is 0.0462 e. The Morgan fingerprint density at radius 2 is 2.38 bits per heavy atom. The first-order valence-corrected chi connectivity index (χ1v) is 5.42. The number of hydrogen-bond donors (Lipinski definition) is 1. The fraction of sp³-hybridized carbons (Fsp3) is 0.600. The van der Waals surface area contributed by atoms with E-state index in [4.69, 9.17) is 10.5 Å². The standard InChI is InChI=1S/C10H17NOS/c1-8-9(5-7-13-8)10(11)4-3-6-12-2/h5,7,10H,3-4,6,11H2,1-2H3. The molecule has 1 unspecified atom stereocenters. The van der Waals surface area contributed by atoms with Crippen LogP contribution >= 0.6 is 11.3 Å². The molecule has 0 saturated heterocycles. The van der Waals surface area contributed by atoms with Crippen molar-refractivity contribution >= 4 is 11.3 Å². The van der Waals surface area contributed by atoms with Gasteiger partial charge >= 0.3 is 0 Å². The fourth-order valence-corrected chi connectivity index (χ4v) is 2.16. The quantitative estimate of drug-likeness (QED) is 0.739. The van der Waals surface area contributed by atoms with Crippen molar-refractivity contribution in [3.8, 4) is 0 Å². The van der Waals surface area contributed by atoms with Crippen LogP contribution in [-0.2, 0) is 4.74 Å². The summed E-state index contributed by atoms with van der Waals surface area (Å²) in [5.41, 5.74) is 7.32. The highest BCUT2D eigenvalue weighted by molar-refractivity contribution is 7.10. The number of thiophene rings is 1. The summed E-state index contributed by atoms with van der Waals surface area (Å²) in [6.45, 7) is 2.92. The van der Waals surface area contributed by atoms with Crippen LogP contribution in [0, 0.1) is 6.92 Å². The summed E-state index contributed by atoms with van der Waals surface area (Å²) in [5, 5.41) is 2.10. The monoisotopic (exact) mass is 199 g/mol.